The van der Waals surface area contributed by atoms with E-state index in [1.54, 1.807) is 0 Å². The summed E-state index contributed by atoms with van der Waals surface area (Å²) < 4.78 is 19.5. The molecule has 6 saturated carbocycles. The highest BCUT2D eigenvalue weighted by molar-refractivity contribution is 7.80. The molecule has 7 unspecified atom stereocenters. The SMILES string of the molecule is O=C(O)C1CCC(C2CCCCC2)CC1C(=O)NC1CCC(S(=O)OC2CCC(NC3CC(C4CCCCC4)CCC3COO)CC2)CC1. The molecule has 0 radical (unpaired) electrons. The molecule has 4 N–H and O–H groups in total. The predicted octanol–water partition coefficient (Wildman–Crippen LogP) is 7.55. The molecule has 0 aromatic rings. The van der Waals surface area contributed by atoms with Crippen LogP contribution in [0.3, 0.4) is 0 Å². The van der Waals surface area contributed by atoms with Gasteiger partial charge in [-0.05, 0) is 114 Å². The number of rotatable bonds is 12. The maximum atomic E-state index is 13.5. The van der Waals surface area contributed by atoms with Crippen molar-refractivity contribution in [2.45, 2.75) is 184 Å². The number of carbonyl (C=O) groups excluding carboxylic acids is 1. The molecule has 0 aromatic heterocycles. The summed E-state index contributed by atoms with van der Waals surface area (Å²) in [6.45, 7) is 0.405. The molecule has 6 aliphatic carbocycles. The maximum absolute atomic E-state index is 13.5. The van der Waals surface area contributed by atoms with Crippen LogP contribution in [-0.4, -0.2) is 62.5 Å². The summed E-state index contributed by atoms with van der Waals surface area (Å²) in [7, 11) is 0. The van der Waals surface area contributed by atoms with Crippen LogP contribution in [0.25, 0.3) is 0 Å². The van der Waals surface area contributed by atoms with Gasteiger partial charge in [0.25, 0.3) is 0 Å². The Morgan fingerprint density at radius 3 is 1.84 bits per heavy atom. The Morgan fingerprint density at radius 2 is 1.22 bits per heavy atom. The van der Waals surface area contributed by atoms with Crippen molar-refractivity contribution in [1.29, 1.82) is 0 Å². The molecule has 6 fully saturated rings. The average molecular weight is 707 g/mol. The van der Waals surface area contributed by atoms with E-state index in [-0.39, 0.29) is 23.3 Å². The van der Waals surface area contributed by atoms with Crippen LogP contribution in [-0.2, 0) is 29.7 Å². The van der Waals surface area contributed by atoms with Gasteiger partial charge in [0, 0.05) is 24.0 Å². The van der Waals surface area contributed by atoms with Gasteiger partial charge in [0.2, 0.25) is 5.91 Å². The van der Waals surface area contributed by atoms with Crippen molar-refractivity contribution in [2.24, 2.45) is 41.4 Å². The monoisotopic (exact) mass is 706 g/mol. The van der Waals surface area contributed by atoms with Crippen molar-refractivity contribution in [1.82, 2.24) is 10.6 Å². The lowest BCUT2D eigenvalue weighted by Gasteiger charge is -2.43. The fourth-order valence-corrected chi connectivity index (χ4v) is 12.4. The lowest BCUT2D eigenvalue weighted by Crippen LogP contribution is -2.49. The van der Waals surface area contributed by atoms with E-state index in [9.17, 15) is 24.2 Å². The molecule has 9 nitrogen and oxygen atoms in total. The molecule has 10 heteroatoms. The summed E-state index contributed by atoms with van der Waals surface area (Å²) in [5.74, 6) is 1.17. The standard InChI is InChI=1S/C39H66N2O7S/c42-38(36-23-28(13-22-35(36)39(43)44)26-7-3-1-4-8-26)41-32-16-20-34(21-17-32)49(46)48-33-18-14-31(15-19-33)40-37-24-29(11-12-30(37)25-47-45)27-9-5-2-6-10-27/h26-37,40,45H,1-25H2,(H,41,42)(H,43,44). The molecular weight excluding hydrogens is 641 g/mol. The van der Waals surface area contributed by atoms with Crippen LogP contribution in [0, 0.1) is 41.4 Å². The fourth-order valence-electron chi connectivity index (χ4n) is 11.2. The summed E-state index contributed by atoms with van der Waals surface area (Å²) in [6, 6.07) is 0.822. The molecule has 280 valence electrons. The minimum absolute atomic E-state index is 0.0145. The highest BCUT2D eigenvalue weighted by Crippen LogP contribution is 2.44. The van der Waals surface area contributed by atoms with Crippen molar-refractivity contribution in [2.75, 3.05) is 6.61 Å². The van der Waals surface area contributed by atoms with E-state index in [0.29, 0.717) is 49.3 Å². The lowest BCUT2D eigenvalue weighted by atomic mass is 9.66. The Kier molecular flexibility index (Phi) is 14.3. The van der Waals surface area contributed by atoms with Crippen molar-refractivity contribution in [3.8, 4) is 0 Å². The van der Waals surface area contributed by atoms with Crippen LogP contribution < -0.4 is 10.6 Å². The van der Waals surface area contributed by atoms with Gasteiger partial charge in [-0.15, -0.1) is 0 Å². The maximum Gasteiger partial charge on any atom is 0.307 e. The lowest BCUT2D eigenvalue weighted by molar-refractivity contribution is -0.254. The smallest absolute Gasteiger partial charge is 0.307 e. The summed E-state index contributed by atoms with van der Waals surface area (Å²) in [4.78, 5) is 30.2. The Morgan fingerprint density at radius 1 is 0.633 bits per heavy atom. The highest BCUT2D eigenvalue weighted by Gasteiger charge is 2.43. The molecule has 0 aliphatic heterocycles. The highest BCUT2D eigenvalue weighted by atomic mass is 32.2. The van der Waals surface area contributed by atoms with E-state index in [1.165, 1.54) is 77.0 Å². The van der Waals surface area contributed by atoms with Crippen LogP contribution in [0.5, 0.6) is 0 Å². The van der Waals surface area contributed by atoms with Crippen molar-refractivity contribution < 1.29 is 33.2 Å². The van der Waals surface area contributed by atoms with Crippen LogP contribution in [0.15, 0.2) is 0 Å². The first-order valence-electron chi connectivity index (χ1n) is 20.5. The van der Waals surface area contributed by atoms with E-state index >= 15 is 0 Å². The Labute approximate surface area is 297 Å². The van der Waals surface area contributed by atoms with Crippen LogP contribution >= 0.6 is 0 Å². The molecule has 0 spiro atoms. The van der Waals surface area contributed by atoms with Gasteiger partial charge in [-0.2, -0.15) is 0 Å². The number of carboxylic acids is 1. The fraction of sp³-hybridized carbons (Fsp3) is 0.949. The molecule has 7 atom stereocenters. The predicted molar refractivity (Wildman–Crippen MR) is 191 cm³/mol. The topological polar surface area (TPSA) is 134 Å². The average Bonchev–Trinajstić information content (AvgIpc) is 3.14. The van der Waals surface area contributed by atoms with Crippen LogP contribution in [0.2, 0.25) is 0 Å². The minimum Gasteiger partial charge on any atom is -0.481 e. The van der Waals surface area contributed by atoms with Crippen molar-refractivity contribution in [3.63, 3.8) is 0 Å². The van der Waals surface area contributed by atoms with E-state index < -0.39 is 28.9 Å². The summed E-state index contributed by atoms with van der Waals surface area (Å²) >= 11 is -1.34. The molecular formula is C39H66N2O7S. The quantitative estimate of drug-likeness (QED) is 0.121. The third-order valence-electron chi connectivity index (χ3n) is 14.1. The van der Waals surface area contributed by atoms with E-state index in [4.69, 9.17) is 4.18 Å². The summed E-state index contributed by atoms with van der Waals surface area (Å²) in [6.07, 6.45) is 25.9. The normalized spacial score (nSPS) is 39.2. The number of amides is 1. The van der Waals surface area contributed by atoms with Gasteiger partial charge in [-0.3, -0.25) is 19.0 Å². The molecule has 49 heavy (non-hydrogen) atoms. The van der Waals surface area contributed by atoms with E-state index in [0.717, 1.165) is 76.0 Å². The molecule has 1 amide bonds. The van der Waals surface area contributed by atoms with Gasteiger partial charge >= 0.3 is 5.97 Å². The molecule has 6 rings (SSSR count). The summed E-state index contributed by atoms with van der Waals surface area (Å²) in [5, 5.41) is 26.4. The zero-order valence-corrected chi connectivity index (χ0v) is 30.8. The third kappa shape index (κ3) is 10.3. The first-order valence-corrected chi connectivity index (χ1v) is 21.6. The number of carbonyl (C=O) groups is 2. The van der Waals surface area contributed by atoms with Crippen molar-refractivity contribution >= 4 is 23.0 Å². The number of nitrogens with one attached hydrogen (secondary N) is 2. The second-order valence-corrected chi connectivity index (χ2v) is 18.5. The van der Waals surface area contributed by atoms with Gasteiger partial charge < -0.3 is 15.7 Å². The number of hydrogen-bond donors (Lipinski definition) is 4. The first kappa shape index (κ1) is 37.7. The van der Waals surface area contributed by atoms with Gasteiger partial charge in [-0.1, -0.05) is 64.2 Å². The minimum atomic E-state index is -1.34. The first-order chi connectivity index (χ1) is 23.9. The number of hydrogen-bond acceptors (Lipinski definition) is 7. The summed E-state index contributed by atoms with van der Waals surface area (Å²) in [5.41, 5.74) is 0. The van der Waals surface area contributed by atoms with Crippen LogP contribution in [0.1, 0.15) is 154 Å². The molecule has 0 bridgehead atoms. The molecule has 0 saturated heterocycles. The van der Waals surface area contributed by atoms with Gasteiger partial charge in [0.05, 0.1) is 29.8 Å². The number of carboxylic acid groups (broad SMARTS) is 1. The second kappa shape index (κ2) is 18.6. The Hall–Kier alpha value is -1.07. The number of aliphatic carboxylic acids is 1. The zero-order chi connectivity index (χ0) is 34.2. The van der Waals surface area contributed by atoms with Gasteiger partial charge in [0.1, 0.15) is 0 Å². The van der Waals surface area contributed by atoms with Gasteiger partial charge in [-0.25, -0.2) is 9.10 Å². The zero-order valence-electron chi connectivity index (χ0n) is 29.9. The van der Waals surface area contributed by atoms with Crippen molar-refractivity contribution in [3.05, 3.63) is 0 Å². The van der Waals surface area contributed by atoms with E-state index in [1.807, 2.05) is 0 Å². The Bertz CT molecular complexity index is 1070. The molecule has 6 aliphatic rings. The molecule has 0 heterocycles. The molecule has 0 aromatic carbocycles. The van der Waals surface area contributed by atoms with Crippen LogP contribution in [0.4, 0.5) is 0 Å². The second-order valence-electron chi connectivity index (χ2n) is 17.1. The largest absolute Gasteiger partial charge is 0.481 e. The van der Waals surface area contributed by atoms with E-state index in [2.05, 4.69) is 15.5 Å². The third-order valence-corrected chi connectivity index (χ3v) is 15.6. The van der Waals surface area contributed by atoms with Gasteiger partial charge in [0.15, 0.2) is 11.1 Å². The Balaban J connectivity index is 0.910.